The van der Waals surface area contributed by atoms with Gasteiger partial charge in [-0.25, -0.2) is 0 Å². The molecule has 3 unspecified atom stereocenters. The molecule has 10 heavy (non-hydrogen) atoms. The van der Waals surface area contributed by atoms with Gasteiger partial charge >= 0.3 is 0 Å². The molecule has 0 heteroatoms. The molecular formula is C10H16. The molecule has 0 aromatic heterocycles. The summed E-state index contributed by atoms with van der Waals surface area (Å²) in [6, 6.07) is 0. The van der Waals surface area contributed by atoms with Crippen molar-refractivity contribution in [3.63, 3.8) is 0 Å². The summed E-state index contributed by atoms with van der Waals surface area (Å²) in [6.07, 6.45) is 11.1. The summed E-state index contributed by atoms with van der Waals surface area (Å²) < 4.78 is 0. The zero-order chi connectivity index (χ0) is 6.60. The second-order valence-electron chi connectivity index (χ2n) is 4.65. The highest BCUT2D eigenvalue weighted by atomic mass is 14.6. The maximum Gasteiger partial charge on any atom is -0.0241 e. The molecule has 0 amide bonds. The third kappa shape index (κ3) is 0.436. The maximum absolute atomic E-state index is 1.61. The molecule has 0 bridgehead atoms. The Labute approximate surface area is 63.0 Å². The zero-order valence-corrected chi connectivity index (χ0v) is 6.60. The molecule has 3 aliphatic rings. The summed E-state index contributed by atoms with van der Waals surface area (Å²) >= 11 is 0. The van der Waals surface area contributed by atoms with E-state index in [0.29, 0.717) is 0 Å². The fourth-order valence-electron chi connectivity index (χ4n) is 3.81. The van der Waals surface area contributed by atoms with Gasteiger partial charge in [0.2, 0.25) is 0 Å². The third-order valence-electron chi connectivity index (χ3n) is 4.60. The van der Waals surface area contributed by atoms with E-state index in [1.165, 1.54) is 11.8 Å². The quantitative estimate of drug-likeness (QED) is 0.480. The second-order valence-corrected chi connectivity index (χ2v) is 4.65. The molecule has 56 valence electrons. The van der Waals surface area contributed by atoms with Crippen LogP contribution in [-0.4, -0.2) is 0 Å². The van der Waals surface area contributed by atoms with Gasteiger partial charge in [0.25, 0.3) is 0 Å². The lowest BCUT2D eigenvalue weighted by atomic mass is 9.38. The highest BCUT2D eigenvalue weighted by molar-refractivity contribution is 5.09. The van der Waals surface area contributed by atoms with Gasteiger partial charge in [0.1, 0.15) is 0 Å². The van der Waals surface area contributed by atoms with Gasteiger partial charge in [-0.2, -0.15) is 0 Å². The SMILES string of the molecule is C1CCC23CCC2CC3C1. The number of hydrogen-bond donors (Lipinski definition) is 0. The topological polar surface area (TPSA) is 0 Å². The van der Waals surface area contributed by atoms with Crippen molar-refractivity contribution in [2.45, 2.75) is 44.9 Å². The summed E-state index contributed by atoms with van der Waals surface area (Å²) in [7, 11) is 0. The first-order chi connectivity index (χ1) is 4.92. The number of rotatable bonds is 0. The van der Waals surface area contributed by atoms with Gasteiger partial charge < -0.3 is 0 Å². The van der Waals surface area contributed by atoms with E-state index in [1.54, 1.807) is 44.9 Å². The lowest BCUT2D eigenvalue weighted by Crippen LogP contribution is -2.57. The molecule has 0 nitrogen and oxygen atoms in total. The van der Waals surface area contributed by atoms with Crippen LogP contribution in [0.1, 0.15) is 44.9 Å². The van der Waals surface area contributed by atoms with Crippen molar-refractivity contribution in [3.05, 3.63) is 0 Å². The highest BCUT2D eigenvalue weighted by Crippen LogP contribution is 2.69. The Morgan fingerprint density at radius 1 is 0.900 bits per heavy atom. The lowest BCUT2D eigenvalue weighted by molar-refractivity contribution is -0.166. The van der Waals surface area contributed by atoms with Gasteiger partial charge in [0, 0.05) is 0 Å². The molecule has 3 fully saturated rings. The normalized spacial score (nSPS) is 57.6. The molecule has 0 saturated heterocycles. The largest absolute Gasteiger partial charge is 0.0530 e. The van der Waals surface area contributed by atoms with Crippen molar-refractivity contribution in [2.24, 2.45) is 17.3 Å². The monoisotopic (exact) mass is 136 g/mol. The van der Waals surface area contributed by atoms with Gasteiger partial charge in [0.15, 0.2) is 0 Å². The van der Waals surface area contributed by atoms with Crippen LogP contribution in [0.5, 0.6) is 0 Å². The van der Waals surface area contributed by atoms with Crippen molar-refractivity contribution in [3.8, 4) is 0 Å². The minimum atomic E-state index is 0.957. The Kier molecular flexibility index (Phi) is 0.898. The summed E-state index contributed by atoms with van der Waals surface area (Å²) in [4.78, 5) is 0. The Morgan fingerprint density at radius 3 is 2.30 bits per heavy atom. The average Bonchev–Trinajstić information content (AvgIpc) is 1.99. The van der Waals surface area contributed by atoms with Crippen molar-refractivity contribution in [2.75, 3.05) is 0 Å². The van der Waals surface area contributed by atoms with E-state index in [0.717, 1.165) is 5.41 Å². The summed E-state index contributed by atoms with van der Waals surface area (Å²) in [5.41, 5.74) is 0.957. The average molecular weight is 136 g/mol. The van der Waals surface area contributed by atoms with Crippen molar-refractivity contribution in [1.29, 1.82) is 0 Å². The third-order valence-corrected chi connectivity index (χ3v) is 4.60. The van der Waals surface area contributed by atoms with Crippen LogP contribution < -0.4 is 0 Å². The van der Waals surface area contributed by atoms with E-state index >= 15 is 0 Å². The van der Waals surface area contributed by atoms with E-state index in [1.807, 2.05) is 0 Å². The van der Waals surface area contributed by atoms with E-state index < -0.39 is 0 Å². The Hall–Kier alpha value is 0. The predicted octanol–water partition coefficient (Wildman–Crippen LogP) is 2.98. The predicted molar refractivity (Wildman–Crippen MR) is 41.7 cm³/mol. The maximum atomic E-state index is 1.61. The summed E-state index contributed by atoms with van der Waals surface area (Å²) in [5.74, 6) is 2.40. The van der Waals surface area contributed by atoms with Crippen LogP contribution in [0.15, 0.2) is 0 Å². The van der Waals surface area contributed by atoms with Crippen LogP contribution in [0.2, 0.25) is 0 Å². The van der Waals surface area contributed by atoms with E-state index in [9.17, 15) is 0 Å². The molecule has 0 aromatic carbocycles. The smallest absolute Gasteiger partial charge is 0.0241 e. The van der Waals surface area contributed by atoms with Crippen molar-refractivity contribution < 1.29 is 0 Å². The molecule has 3 aliphatic carbocycles. The molecule has 0 aliphatic heterocycles. The highest BCUT2D eigenvalue weighted by Gasteiger charge is 2.60. The molecule has 1 spiro atoms. The first kappa shape index (κ1) is 5.62. The Morgan fingerprint density at radius 2 is 1.80 bits per heavy atom. The van der Waals surface area contributed by atoms with Gasteiger partial charge in [-0.15, -0.1) is 0 Å². The van der Waals surface area contributed by atoms with E-state index in [4.69, 9.17) is 0 Å². The van der Waals surface area contributed by atoms with Crippen LogP contribution in [0.4, 0.5) is 0 Å². The zero-order valence-electron chi connectivity index (χ0n) is 6.60. The molecule has 3 saturated carbocycles. The lowest BCUT2D eigenvalue weighted by Gasteiger charge is -2.66. The molecule has 0 radical (unpaired) electrons. The first-order valence-electron chi connectivity index (χ1n) is 4.92. The summed E-state index contributed by atoms with van der Waals surface area (Å²) in [5, 5.41) is 0. The van der Waals surface area contributed by atoms with Crippen LogP contribution in [-0.2, 0) is 0 Å². The van der Waals surface area contributed by atoms with E-state index in [-0.39, 0.29) is 0 Å². The first-order valence-corrected chi connectivity index (χ1v) is 4.92. The van der Waals surface area contributed by atoms with Crippen LogP contribution in [0.25, 0.3) is 0 Å². The van der Waals surface area contributed by atoms with Gasteiger partial charge in [-0.3, -0.25) is 0 Å². The number of hydrogen-bond acceptors (Lipinski definition) is 0. The van der Waals surface area contributed by atoms with Crippen LogP contribution in [0.3, 0.4) is 0 Å². The van der Waals surface area contributed by atoms with Gasteiger partial charge in [-0.05, 0) is 49.4 Å². The fraction of sp³-hybridized carbons (Fsp3) is 1.00. The van der Waals surface area contributed by atoms with Gasteiger partial charge in [0.05, 0.1) is 0 Å². The molecule has 0 N–H and O–H groups in total. The fourth-order valence-corrected chi connectivity index (χ4v) is 3.81. The Balaban J connectivity index is 1.85. The van der Waals surface area contributed by atoms with E-state index in [2.05, 4.69) is 0 Å². The van der Waals surface area contributed by atoms with Crippen LogP contribution in [0, 0.1) is 17.3 Å². The second kappa shape index (κ2) is 1.60. The van der Waals surface area contributed by atoms with Crippen molar-refractivity contribution >= 4 is 0 Å². The molecule has 3 atom stereocenters. The summed E-state index contributed by atoms with van der Waals surface area (Å²) in [6.45, 7) is 0. The molecule has 0 aromatic rings. The van der Waals surface area contributed by atoms with Crippen LogP contribution >= 0.6 is 0 Å². The molecule has 3 rings (SSSR count). The minimum Gasteiger partial charge on any atom is -0.0530 e. The minimum absolute atomic E-state index is 0.957. The standard InChI is InChI=1S/C10H16/c1-2-5-10-6-4-9(10)7-8(10)3-1/h8-9H,1-7H2. The molecular weight excluding hydrogens is 120 g/mol. The Bertz CT molecular complexity index is 159. The van der Waals surface area contributed by atoms with Crippen molar-refractivity contribution in [1.82, 2.24) is 0 Å². The molecule has 0 heterocycles. The van der Waals surface area contributed by atoms with Gasteiger partial charge in [-0.1, -0.05) is 12.8 Å².